The van der Waals surface area contributed by atoms with Crippen LogP contribution < -0.4 is 11.1 Å². The molecular weight excluding hydrogens is 334 g/mol. The number of carbonyl (C=O) groups is 2. The summed E-state index contributed by atoms with van der Waals surface area (Å²) in [7, 11) is 0. The van der Waals surface area contributed by atoms with Crippen LogP contribution >= 0.6 is 15.9 Å². The molecule has 0 aliphatic heterocycles. The van der Waals surface area contributed by atoms with Gasteiger partial charge in [0.15, 0.2) is 0 Å². The third-order valence-electron chi connectivity index (χ3n) is 3.06. The van der Waals surface area contributed by atoms with E-state index in [2.05, 4.69) is 26.2 Å². The Morgan fingerprint density at radius 2 is 1.90 bits per heavy atom. The lowest BCUT2D eigenvalue weighted by molar-refractivity contribution is -0.119. The molecule has 1 atom stereocenters. The smallest absolute Gasteiger partial charge is 0.257 e. The van der Waals surface area contributed by atoms with Crippen molar-refractivity contribution in [2.45, 2.75) is 12.8 Å². The van der Waals surface area contributed by atoms with Gasteiger partial charge >= 0.3 is 0 Å². The molecule has 21 heavy (non-hydrogen) atoms. The minimum Gasteiger partial charge on any atom is -0.369 e. The van der Waals surface area contributed by atoms with Gasteiger partial charge in [0.05, 0.1) is 11.5 Å². The molecular formula is C15H14BrN3O2. The lowest BCUT2D eigenvalue weighted by Crippen LogP contribution is -2.18. The number of hydrogen-bond donors (Lipinski definition) is 2. The van der Waals surface area contributed by atoms with Crippen LogP contribution in [0, 0.1) is 0 Å². The second-order valence-electron chi connectivity index (χ2n) is 4.59. The number of aromatic nitrogens is 1. The summed E-state index contributed by atoms with van der Waals surface area (Å²) < 4.78 is 0.737. The predicted molar refractivity (Wildman–Crippen MR) is 83.9 cm³/mol. The summed E-state index contributed by atoms with van der Waals surface area (Å²) in [5.41, 5.74) is 7.16. The number of anilines is 1. The first-order valence-corrected chi connectivity index (χ1v) is 7.08. The molecule has 2 aromatic rings. The standard InChI is InChI=1S/C15H14BrN3O2/c1-9(14(17)20)10-2-4-13(5-3-10)19-15(21)11-6-12(16)8-18-7-11/h2-9H,1H3,(H2,17,20)(H,19,21). The summed E-state index contributed by atoms with van der Waals surface area (Å²) in [5, 5.41) is 2.76. The van der Waals surface area contributed by atoms with Gasteiger partial charge in [-0.25, -0.2) is 0 Å². The van der Waals surface area contributed by atoms with Crippen LogP contribution in [-0.2, 0) is 4.79 Å². The Bertz CT molecular complexity index is 671. The van der Waals surface area contributed by atoms with E-state index in [0.717, 1.165) is 10.0 Å². The molecule has 6 heteroatoms. The van der Waals surface area contributed by atoms with Crippen molar-refractivity contribution in [3.8, 4) is 0 Å². The monoisotopic (exact) mass is 347 g/mol. The Kier molecular flexibility index (Phi) is 4.70. The van der Waals surface area contributed by atoms with Crippen molar-refractivity contribution in [2.75, 3.05) is 5.32 Å². The first-order chi connectivity index (χ1) is 9.97. The van der Waals surface area contributed by atoms with Crippen LogP contribution in [0.2, 0.25) is 0 Å². The molecule has 2 amide bonds. The number of benzene rings is 1. The highest BCUT2D eigenvalue weighted by Crippen LogP contribution is 2.18. The molecule has 1 heterocycles. The average Bonchev–Trinajstić information content (AvgIpc) is 2.47. The minimum absolute atomic E-state index is 0.250. The number of amides is 2. The summed E-state index contributed by atoms with van der Waals surface area (Å²) >= 11 is 3.27. The van der Waals surface area contributed by atoms with Gasteiger partial charge in [-0.05, 0) is 46.6 Å². The molecule has 0 fully saturated rings. The fraction of sp³-hybridized carbons (Fsp3) is 0.133. The Hall–Kier alpha value is -2.21. The highest BCUT2D eigenvalue weighted by molar-refractivity contribution is 9.10. The lowest BCUT2D eigenvalue weighted by Gasteiger charge is -2.09. The van der Waals surface area contributed by atoms with Gasteiger partial charge in [-0.2, -0.15) is 0 Å². The van der Waals surface area contributed by atoms with E-state index in [9.17, 15) is 9.59 Å². The van der Waals surface area contributed by atoms with E-state index in [1.54, 1.807) is 43.5 Å². The Balaban J connectivity index is 2.10. The van der Waals surface area contributed by atoms with Gasteiger partial charge < -0.3 is 11.1 Å². The highest BCUT2D eigenvalue weighted by atomic mass is 79.9. The summed E-state index contributed by atoms with van der Waals surface area (Å²) in [6, 6.07) is 8.69. The molecule has 0 spiro atoms. The number of nitrogens with two attached hydrogens (primary N) is 1. The zero-order valence-corrected chi connectivity index (χ0v) is 12.9. The highest BCUT2D eigenvalue weighted by Gasteiger charge is 2.12. The molecule has 1 aromatic carbocycles. The Labute approximate surface area is 130 Å². The quantitative estimate of drug-likeness (QED) is 0.891. The maximum atomic E-state index is 12.0. The molecule has 108 valence electrons. The number of rotatable bonds is 4. The molecule has 0 saturated heterocycles. The number of nitrogens with zero attached hydrogens (tertiary/aromatic N) is 1. The van der Waals surface area contributed by atoms with Crippen LogP contribution in [-0.4, -0.2) is 16.8 Å². The van der Waals surface area contributed by atoms with E-state index in [1.165, 1.54) is 6.20 Å². The average molecular weight is 348 g/mol. The third-order valence-corrected chi connectivity index (χ3v) is 3.50. The largest absolute Gasteiger partial charge is 0.369 e. The maximum absolute atomic E-state index is 12.0. The third kappa shape index (κ3) is 3.88. The van der Waals surface area contributed by atoms with E-state index in [0.29, 0.717) is 11.3 Å². The Morgan fingerprint density at radius 1 is 1.24 bits per heavy atom. The van der Waals surface area contributed by atoms with E-state index in [1.807, 2.05) is 0 Å². The topological polar surface area (TPSA) is 85.1 Å². The predicted octanol–water partition coefficient (Wildman–Crippen LogP) is 2.69. The molecule has 0 aliphatic rings. The van der Waals surface area contributed by atoms with Crippen molar-refractivity contribution in [3.63, 3.8) is 0 Å². The number of hydrogen-bond acceptors (Lipinski definition) is 3. The SMILES string of the molecule is CC(C(N)=O)c1ccc(NC(=O)c2cncc(Br)c2)cc1. The van der Waals surface area contributed by atoms with E-state index in [4.69, 9.17) is 5.73 Å². The zero-order chi connectivity index (χ0) is 15.4. The van der Waals surface area contributed by atoms with Crippen LogP contribution in [0.1, 0.15) is 28.8 Å². The number of nitrogens with one attached hydrogen (secondary N) is 1. The van der Waals surface area contributed by atoms with Gasteiger partial charge in [-0.1, -0.05) is 12.1 Å². The van der Waals surface area contributed by atoms with E-state index >= 15 is 0 Å². The minimum atomic E-state index is -0.382. The van der Waals surface area contributed by atoms with Gasteiger partial charge in [-0.3, -0.25) is 14.6 Å². The summed E-state index contributed by atoms with van der Waals surface area (Å²) in [6.07, 6.45) is 3.10. The van der Waals surface area contributed by atoms with Gasteiger partial charge in [0.25, 0.3) is 5.91 Å². The Morgan fingerprint density at radius 3 is 2.48 bits per heavy atom. The van der Waals surface area contributed by atoms with Crippen LogP contribution in [0.25, 0.3) is 0 Å². The number of carbonyl (C=O) groups excluding carboxylic acids is 2. The first kappa shape index (κ1) is 15.2. The normalized spacial score (nSPS) is 11.7. The van der Waals surface area contributed by atoms with Crippen molar-refractivity contribution < 1.29 is 9.59 Å². The second kappa shape index (κ2) is 6.49. The summed E-state index contributed by atoms with van der Waals surface area (Å²) in [4.78, 5) is 27.1. The zero-order valence-electron chi connectivity index (χ0n) is 11.3. The van der Waals surface area contributed by atoms with Crippen molar-refractivity contribution in [1.82, 2.24) is 4.98 Å². The second-order valence-corrected chi connectivity index (χ2v) is 5.51. The molecule has 0 aliphatic carbocycles. The van der Waals surface area contributed by atoms with Crippen molar-refractivity contribution in [1.29, 1.82) is 0 Å². The number of halogens is 1. The molecule has 0 saturated carbocycles. The van der Waals surface area contributed by atoms with Crippen LogP contribution in [0.3, 0.4) is 0 Å². The van der Waals surface area contributed by atoms with Gasteiger partial charge in [0, 0.05) is 22.6 Å². The molecule has 3 N–H and O–H groups in total. The van der Waals surface area contributed by atoms with Crippen LogP contribution in [0.4, 0.5) is 5.69 Å². The molecule has 0 bridgehead atoms. The fourth-order valence-corrected chi connectivity index (χ4v) is 2.12. The number of pyridine rings is 1. The molecule has 0 radical (unpaired) electrons. The fourth-order valence-electron chi connectivity index (χ4n) is 1.76. The molecule has 1 unspecified atom stereocenters. The van der Waals surface area contributed by atoms with E-state index in [-0.39, 0.29) is 17.7 Å². The van der Waals surface area contributed by atoms with Crippen LogP contribution in [0.5, 0.6) is 0 Å². The molecule has 2 rings (SSSR count). The van der Waals surface area contributed by atoms with Crippen molar-refractivity contribution in [3.05, 3.63) is 58.3 Å². The first-order valence-electron chi connectivity index (χ1n) is 6.28. The van der Waals surface area contributed by atoms with Gasteiger partial charge in [-0.15, -0.1) is 0 Å². The van der Waals surface area contributed by atoms with Crippen molar-refractivity contribution >= 4 is 33.4 Å². The summed E-state index contributed by atoms with van der Waals surface area (Å²) in [5.74, 6) is -0.990. The number of primary amides is 1. The molecule has 5 nitrogen and oxygen atoms in total. The van der Waals surface area contributed by atoms with E-state index < -0.39 is 0 Å². The maximum Gasteiger partial charge on any atom is 0.257 e. The van der Waals surface area contributed by atoms with Crippen molar-refractivity contribution in [2.24, 2.45) is 5.73 Å². The van der Waals surface area contributed by atoms with Crippen LogP contribution in [0.15, 0.2) is 47.2 Å². The molecule has 1 aromatic heterocycles. The van der Waals surface area contributed by atoms with Gasteiger partial charge in [0.2, 0.25) is 5.91 Å². The summed E-state index contributed by atoms with van der Waals surface area (Å²) in [6.45, 7) is 1.74. The lowest BCUT2D eigenvalue weighted by atomic mass is 10.0. The van der Waals surface area contributed by atoms with Gasteiger partial charge in [0.1, 0.15) is 0 Å².